The van der Waals surface area contributed by atoms with Gasteiger partial charge in [-0.2, -0.15) is 0 Å². The fourth-order valence-corrected chi connectivity index (χ4v) is 3.35. The van der Waals surface area contributed by atoms with Gasteiger partial charge in [0.25, 0.3) is 0 Å². The van der Waals surface area contributed by atoms with Crippen molar-refractivity contribution in [2.45, 2.75) is 0 Å². The van der Waals surface area contributed by atoms with Gasteiger partial charge in [-0.1, -0.05) is 0 Å². The Morgan fingerprint density at radius 2 is 1.70 bits per heavy atom. The molecule has 0 unspecified atom stereocenters. The third-order valence-electron chi connectivity index (χ3n) is 3.48. The molecule has 0 saturated carbocycles. The second kappa shape index (κ2) is 4.51. The van der Waals surface area contributed by atoms with Gasteiger partial charge < -0.3 is 0 Å². The molecule has 3 nitrogen and oxygen atoms in total. The van der Waals surface area contributed by atoms with Crippen molar-refractivity contribution in [1.29, 1.82) is 0 Å². The zero-order chi connectivity index (χ0) is 13.5. The van der Waals surface area contributed by atoms with Crippen LogP contribution < -0.4 is 0 Å². The van der Waals surface area contributed by atoms with Gasteiger partial charge in [0.15, 0.2) is 0 Å². The second-order valence-corrected chi connectivity index (χ2v) is 5.76. The topological polar surface area (TPSA) is 30.7 Å². The van der Waals surface area contributed by atoms with Crippen molar-refractivity contribution in [3.8, 4) is 11.5 Å². The molecule has 0 aliphatic heterocycles. The fraction of sp³-hybridized carbons (Fsp3) is 0. The number of para-hydroxylation sites is 2. The predicted octanol–water partition coefficient (Wildman–Crippen LogP) is 3.18. The van der Waals surface area contributed by atoms with Gasteiger partial charge in [0.1, 0.15) is 0 Å². The molecular formula is C16H10GaN3. The van der Waals surface area contributed by atoms with Crippen LogP contribution in [0.2, 0.25) is 0 Å². The molecule has 0 N–H and O–H groups in total. The van der Waals surface area contributed by atoms with Crippen LogP contribution in [-0.4, -0.2) is 32.1 Å². The average molecular weight is 314 g/mol. The summed E-state index contributed by atoms with van der Waals surface area (Å²) in [5.41, 5.74) is 3.11. The van der Waals surface area contributed by atoms with E-state index in [-0.39, 0.29) is 0 Å². The number of imidazole rings is 1. The number of aromatic nitrogens is 3. The summed E-state index contributed by atoms with van der Waals surface area (Å²) in [4.78, 5) is 9.31. The van der Waals surface area contributed by atoms with E-state index in [1.807, 2.05) is 42.6 Å². The molecule has 4 heteroatoms. The second-order valence-electron chi connectivity index (χ2n) is 4.67. The monoisotopic (exact) mass is 313 g/mol. The van der Waals surface area contributed by atoms with Gasteiger partial charge in [-0.15, -0.1) is 0 Å². The summed E-state index contributed by atoms with van der Waals surface area (Å²) in [5, 5.41) is 2.33. The molecule has 0 atom stereocenters. The number of rotatable bonds is 1. The number of fused-ring (bicyclic) bond motifs is 2. The number of pyridine rings is 1. The van der Waals surface area contributed by atoms with E-state index in [1.54, 1.807) is 0 Å². The number of nitrogens with zero attached hydrogens (tertiary/aromatic N) is 3. The molecular weight excluding hydrogens is 304 g/mol. The summed E-state index contributed by atoms with van der Waals surface area (Å²) in [5.74, 6) is 0.933. The Hall–Kier alpha value is -2.04. The molecule has 0 aliphatic rings. The van der Waals surface area contributed by atoms with E-state index in [4.69, 9.17) is 4.98 Å². The van der Waals surface area contributed by atoms with E-state index < -0.39 is 0 Å². The van der Waals surface area contributed by atoms with Gasteiger partial charge in [-0.25, -0.2) is 0 Å². The van der Waals surface area contributed by atoms with Crippen molar-refractivity contribution >= 4 is 40.6 Å². The molecule has 4 rings (SSSR count). The van der Waals surface area contributed by atoms with Crippen LogP contribution in [0.25, 0.3) is 33.3 Å². The van der Waals surface area contributed by atoms with Crippen molar-refractivity contribution in [2.24, 2.45) is 0 Å². The number of hydrogen-bond acceptors (Lipinski definition) is 2. The number of benzene rings is 2. The Kier molecular flexibility index (Phi) is 2.65. The fourth-order valence-electron chi connectivity index (χ4n) is 2.51. The van der Waals surface area contributed by atoms with Crippen LogP contribution in [0.3, 0.4) is 0 Å². The Bertz CT molecular complexity index is 922. The average Bonchev–Trinajstić information content (AvgIpc) is 2.84. The van der Waals surface area contributed by atoms with Crippen molar-refractivity contribution in [3.63, 3.8) is 0 Å². The van der Waals surface area contributed by atoms with Gasteiger partial charge >= 0.3 is 126 Å². The van der Waals surface area contributed by atoms with Crippen LogP contribution >= 0.6 is 0 Å². The van der Waals surface area contributed by atoms with Crippen LogP contribution in [0.1, 0.15) is 0 Å². The van der Waals surface area contributed by atoms with Gasteiger partial charge in [0.05, 0.1) is 0 Å². The third-order valence-corrected chi connectivity index (χ3v) is 4.58. The first-order valence-electron chi connectivity index (χ1n) is 6.41. The molecule has 0 amide bonds. The maximum atomic E-state index is 4.75. The van der Waals surface area contributed by atoms with Crippen molar-refractivity contribution < 1.29 is 0 Å². The normalized spacial score (nSPS) is 11.2. The Balaban J connectivity index is 2.09. The van der Waals surface area contributed by atoms with Crippen LogP contribution in [0, 0.1) is 0 Å². The van der Waals surface area contributed by atoms with Crippen molar-refractivity contribution in [1.82, 2.24) is 13.2 Å². The van der Waals surface area contributed by atoms with Crippen molar-refractivity contribution in [3.05, 3.63) is 60.8 Å². The molecule has 0 aliphatic carbocycles. The molecule has 20 heavy (non-hydrogen) atoms. The van der Waals surface area contributed by atoms with Gasteiger partial charge in [-0.05, 0) is 0 Å². The summed E-state index contributed by atoms with van der Waals surface area (Å²) in [6, 6.07) is 18.5. The summed E-state index contributed by atoms with van der Waals surface area (Å²) < 4.78 is 2.16. The van der Waals surface area contributed by atoms with E-state index in [1.165, 1.54) is 24.2 Å². The summed E-state index contributed by atoms with van der Waals surface area (Å²) >= 11 is 1.52. The molecule has 2 aromatic carbocycles. The molecule has 0 bridgehead atoms. The summed E-state index contributed by atoms with van der Waals surface area (Å²) in [6.45, 7) is 0. The Morgan fingerprint density at radius 3 is 2.60 bits per heavy atom. The molecule has 0 spiro atoms. The number of hydrogen-bond donors (Lipinski definition) is 0. The van der Waals surface area contributed by atoms with E-state index in [2.05, 4.69) is 26.5 Å². The maximum absolute atomic E-state index is 4.75. The van der Waals surface area contributed by atoms with E-state index >= 15 is 0 Å². The third kappa shape index (κ3) is 1.69. The van der Waals surface area contributed by atoms with Gasteiger partial charge in [0, 0.05) is 0 Å². The standard InChI is InChI=1S/C16H10N3.Ga/c1-2-6-12-11(5-1)9-10-17-15(12)16-18-13-7-3-4-8-14(13)19-16;/h1-10H;/q-1;+1. The quantitative estimate of drug-likeness (QED) is 0.505. The molecule has 2 aromatic heterocycles. The molecule has 2 radical (unpaired) electrons. The van der Waals surface area contributed by atoms with Crippen LogP contribution in [0.4, 0.5) is 0 Å². The SMILES string of the molecule is [Ga][n]1c(-c2nccc3ccccc23)nc2ccccc21. The van der Waals surface area contributed by atoms with Crippen LogP contribution in [0.5, 0.6) is 0 Å². The molecule has 92 valence electrons. The van der Waals surface area contributed by atoms with E-state index in [0.29, 0.717) is 0 Å². The molecule has 2 heterocycles. The Morgan fingerprint density at radius 1 is 0.900 bits per heavy atom. The van der Waals surface area contributed by atoms with Crippen LogP contribution in [0.15, 0.2) is 60.8 Å². The summed E-state index contributed by atoms with van der Waals surface area (Å²) in [6.07, 6.45) is 1.85. The zero-order valence-electron chi connectivity index (χ0n) is 10.7. The Labute approximate surface area is 126 Å². The first kappa shape index (κ1) is 11.8. The molecule has 0 fully saturated rings. The van der Waals surface area contributed by atoms with E-state index in [0.717, 1.165) is 27.9 Å². The first-order valence-corrected chi connectivity index (χ1v) is 7.49. The van der Waals surface area contributed by atoms with E-state index in [9.17, 15) is 0 Å². The minimum absolute atomic E-state index is 0.933. The van der Waals surface area contributed by atoms with Gasteiger partial charge in [0.2, 0.25) is 0 Å². The molecule has 0 saturated heterocycles. The van der Waals surface area contributed by atoms with Crippen LogP contribution in [-0.2, 0) is 0 Å². The van der Waals surface area contributed by atoms with Gasteiger partial charge in [-0.3, -0.25) is 0 Å². The zero-order valence-corrected chi connectivity index (χ0v) is 13.1. The predicted molar refractivity (Wildman–Crippen MR) is 81.6 cm³/mol. The van der Waals surface area contributed by atoms with Crippen molar-refractivity contribution in [2.75, 3.05) is 0 Å². The first-order chi connectivity index (χ1) is 9.84. The minimum atomic E-state index is 0.933. The molecule has 4 aromatic rings. The summed E-state index contributed by atoms with van der Waals surface area (Å²) in [7, 11) is 0.